The number of hydrogen-bond acceptors (Lipinski definition) is 3. The molecule has 0 aromatic carbocycles. The van der Waals surface area contributed by atoms with E-state index in [0.717, 1.165) is 19.6 Å². The topological polar surface area (TPSA) is 38.9 Å². The van der Waals surface area contributed by atoms with Gasteiger partial charge in [0.15, 0.2) is 0 Å². The summed E-state index contributed by atoms with van der Waals surface area (Å²) in [5.41, 5.74) is 5.57. The van der Waals surface area contributed by atoms with Crippen molar-refractivity contribution in [3.63, 3.8) is 0 Å². The highest BCUT2D eigenvalue weighted by molar-refractivity contribution is 5.28. The van der Waals surface area contributed by atoms with Crippen molar-refractivity contribution in [3.8, 4) is 0 Å². The van der Waals surface area contributed by atoms with Crippen LogP contribution in [-0.4, -0.2) is 37.6 Å². The molecular formula is C17H25N5. The highest BCUT2D eigenvalue weighted by atomic mass is 15.3. The third-order valence-corrected chi connectivity index (χ3v) is 5.17. The van der Waals surface area contributed by atoms with E-state index < -0.39 is 0 Å². The largest absolute Gasteiger partial charge is 0.295 e. The smallest absolute Gasteiger partial charge is 0.0659 e. The summed E-state index contributed by atoms with van der Waals surface area (Å²) in [4.78, 5) is 2.56. The zero-order chi connectivity index (χ0) is 15.1. The molecule has 1 atom stereocenters. The molecule has 0 N–H and O–H groups in total. The Hall–Kier alpha value is -1.62. The first-order valence-corrected chi connectivity index (χ1v) is 8.47. The molecular weight excluding hydrogens is 274 g/mol. The average Bonchev–Trinajstić information content (AvgIpc) is 3.20. The number of aromatic nitrogens is 4. The van der Waals surface area contributed by atoms with Crippen LogP contribution >= 0.6 is 0 Å². The maximum atomic E-state index is 4.75. The van der Waals surface area contributed by atoms with Crippen LogP contribution in [0.5, 0.6) is 0 Å². The van der Waals surface area contributed by atoms with Crippen molar-refractivity contribution < 1.29 is 0 Å². The Morgan fingerprint density at radius 3 is 2.95 bits per heavy atom. The Kier molecular flexibility index (Phi) is 3.53. The van der Waals surface area contributed by atoms with Gasteiger partial charge in [-0.3, -0.25) is 14.3 Å². The van der Waals surface area contributed by atoms with Crippen molar-refractivity contribution in [1.29, 1.82) is 0 Å². The van der Waals surface area contributed by atoms with Gasteiger partial charge in [-0.25, -0.2) is 0 Å². The second kappa shape index (κ2) is 5.54. The Morgan fingerprint density at radius 1 is 1.27 bits per heavy atom. The second-order valence-corrected chi connectivity index (χ2v) is 6.88. The van der Waals surface area contributed by atoms with E-state index in [-0.39, 0.29) is 0 Å². The van der Waals surface area contributed by atoms with Gasteiger partial charge in [0.1, 0.15) is 0 Å². The zero-order valence-corrected chi connectivity index (χ0v) is 13.6. The minimum absolute atomic E-state index is 0.526. The van der Waals surface area contributed by atoms with Crippen molar-refractivity contribution in [2.75, 3.05) is 13.1 Å². The van der Waals surface area contributed by atoms with E-state index >= 15 is 0 Å². The third-order valence-electron chi connectivity index (χ3n) is 5.17. The maximum Gasteiger partial charge on any atom is 0.0659 e. The van der Waals surface area contributed by atoms with Gasteiger partial charge in [-0.15, -0.1) is 0 Å². The molecule has 22 heavy (non-hydrogen) atoms. The van der Waals surface area contributed by atoms with Crippen LogP contribution in [0.15, 0.2) is 12.4 Å². The van der Waals surface area contributed by atoms with Crippen molar-refractivity contribution >= 4 is 0 Å². The fourth-order valence-electron chi connectivity index (χ4n) is 3.96. The van der Waals surface area contributed by atoms with Gasteiger partial charge in [0.2, 0.25) is 0 Å². The molecule has 0 spiro atoms. The molecule has 1 saturated heterocycles. The van der Waals surface area contributed by atoms with Gasteiger partial charge >= 0.3 is 0 Å². The summed E-state index contributed by atoms with van der Waals surface area (Å²) >= 11 is 0. The highest BCUT2D eigenvalue weighted by Crippen LogP contribution is 2.27. The summed E-state index contributed by atoms with van der Waals surface area (Å²) in [6.07, 6.45) is 10.3. The van der Waals surface area contributed by atoms with Crippen LogP contribution in [0.25, 0.3) is 0 Å². The SMILES string of the molecule is Cc1cnn(C2CCN(Cc3c4c(nn3C)CCCC4)C2)c1. The molecule has 5 heteroatoms. The fraction of sp³-hybridized carbons (Fsp3) is 0.647. The number of nitrogens with zero attached hydrogens (tertiary/aromatic N) is 5. The Labute approximate surface area is 131 Å². The van der Waals surface area contributed by atoms with Gasteiger partial charge in [-0.1, -0.05) is 0 Å². The highest BCUT2D eigenvalue weighted by Gasteiger charge is 2.27. The molecule has 0 bridgehead atoms. The van der Waals surface area contributed by atoms with Gasteiger partial charge in [0, 0.05) is 32.9 Å². The quantitative estimate of drug-likeness (QED) is 0.872. The summed E-state index contributed by atoms with van der Waals surface area (Å²) in [6.45, 7) is 5.40. The van der Waals surface area contributed by atoms with Crippen LogP contribution in [0.1, 0.15) is 47.8 Å². The minimum atomic E-state index is 0.526. The second-order valence-electron chi connectivity index (χ2n) is 6.88. The van der Waals surface area contributed by atoms with Gasteiger partial charge in [0.05, 0.1) is 23.6 Å². The third kappa shape index (κ3) is 2.47. The Bertz CT molecular complexity index is 669. The first kappa shape index (κ1) is 14.0. The molecule has 1 aliphatic carbocycles. The van der Waals surface area contributed by atoms with E-state index in [4.69, 9.17) is 5.10 Å². The monoisotopic (exact) mass is 299 g/mol. The van der Waals surface area contributed by atoms with Gasteiger partial charge in [-0.05, 0) is 50.2 Å². The van der Waals surface area contributed by atoms with Crippen molar-refractivity contribution in [2.45, 2.75) is 51.6 Å². The lowest BCUT2D eigenvalue weighted by atomic mass is 9.96. The van der Waals surface area contributed by atoms with Gasteiger partial charge in [0.25, 0.3) is 0 Å². The first-order chi connectivity index (χ1) is 10.7. The van der Waals surface area contributed by atoms with E-state index in [0.29, 0.717) is 6.04 Å². The molecule has 0 radical (unpaired) electrons. The van der Waals surface area contributed by atoms with Crippen molar-refractivity contribution in [2.24, 2.45) is 7.05 Å². The van der Waals surface area contributed by atoms with Crippen LogP contribution in [0.3, 0.4) is 0 Å². The van der Waals surface area contributed by atoms with Crippen molar-refractivity contribution in [1.82, 2.24) is 24.5 Å². The lowest BCUT2D eigenvalue weighted by Crippen LogP contribution is -2.23. The number of fused-ring (bicyclic) bond motifs is 1. The van der Waals surface area contributed by atoms with Crippen LogP contribution in [0, 0.1) is 6.92 Å². The summed E-state index contributed by atoms with van der Waals surface area (Å²) in [5, 5.41) is 9.24. The van der Waals surface area contributed by atoms with E-state index in [1.54, 1.807) is 0 Å². The lowest BCUT2D eigenvalue weighted by molar-refractivity contribution is 0.302. The van der Waals surface area contributed by atoms with Crippen LogP contribution in [0.2, 0.25) is 0 Å². The number of rotatable bonds is 3. The molecule has 2 aliphatic rings. The van der Waals surface area contributed by atoms with Crippen LogP contribution < -0.4 is 0 Å². The van der Waals surface area contributed by atoms with Gasteiger partial charge < -0.3 is 0 Å². The molecule has 2 aromatic rings. The molecule has 2 aromatic heterocycles. The maximum absolute atomic E-state index is 4.75. The summed E-state index contributed by atoms with van der Waals surface area (Å²) in [6, 6.07) is 0.526. The van der Waals surface area contributed by atoms with Crippen molar-refractivity contribution in [3.05, 3.63) is 34.9 Å². The lowest BCUT2D eigenvalue weighted by Gasteiger charge is -2.18. The first-order valence-electron chi connectivity index (χ1n) is 8.47. The standard InChI is InChI=1S/C17H25N5/c1-13-9-18-22(10-13)14-7-8-21(11-14)12-17-15-5-3-4-6-16(15)19-20(17)2/h9-10,14H,3-8,11-12H2,1-2H3. The molecule has 5 nitrogen and oxygen atoms in total. The normalized spacial score (nSPS) is 22.2. The van der Waals surface area contributed by atoms with Crippen LogP contribution in [-0.2, 0) is 26.4 Å². The number of likely N-dealkylation sites (tertiary alicyclic amines) is 1. The fourth-order valence-corrected chi connectivity index (χ4v) is 3.96. The number of hydrogen-bond donors (Lipinski definition) is 0. The molecule has 1 aliphatic heterocycles. The minimum Gasteiger partial charge on any atom is -0.295 e. The van der Waals surface area contributed by atoms with E-state index in [1.165, 1.54) is 54.6 Å². The molecule has 3 heterocycles. The van der Waals surface area contributed by atoms with Gasteiger partial charge in [-0.2, -0.15) is 10.2 Å². The predicted octanol–water partition coefficient (Wildman–Crippen LogP) is 2.25. The van der Waals surface area contributed by atoms with E-state index in [1.807, 2.05) is 6.20 Å². The zero-order valence-electron chi connectivity index (χ0n) is 13.6. The number of aryl methyl sites for hydroxylation is 3. The molecule has 118 valence electrons. The van der Waals surface area contributed by atoms with E-state index in [9.17, 15) is 0 Å². The molecule has 1 fully saturated rings. The summed E-state index contributed by atoms with van der Waals surface area (Å²) < 4.78 is 4.27. The average molecular weight is 299 g/mol. The molecule has 0 saturated carbocycles. The summed E-state index contributed by atoms with van der Waals surface area (Å²) in [5.74, 6) is 0. The van der Waals surface area contributed by atoms with Crippen LogP contribution in [0.4, 0.5) is 0 Å². The predicted molar refractivity (Wildman–Crippen MR) is 85.7 cm³/mol. The molecule has 4 rings (SSSR count). The Morgan fingerprint density at radius 2 is 2.14 bits per heavy atom. The molecule has 1 unspecified atom stereocenters. The molecule has 0 amide bonds. The Balaban J connectivity index is 1.48. The van der Waals surface area contributed by atoms with E-state index in [2.05, 4.69) is 39.5 Å². The summed E-state index contributed by atoms with van der Waals surface area (Å²) in [7, 11) is 2.11.